The molecule has 0 saturated heterocycles. The minimum atomic E-state index is -0.869. The zero-order chi connectivity index (χ0) is 17.9. The Bertz CT molecular complexity index is 838. The standard InChI is InChI=1S/C15H12ClN3O5/c1-2-9-5-3-4-6-12(9)17-15(20)11-7-10(18(21)22)8-13(14(11)16)19(23)24/h3-8H,2H2,1H3,(H,17,20). The zero-order valence-corrected chi connectivity index (χ0v) is 13.2. The Balaban J connectivity index is 2.48. The summed E-state index contributed by atoms with van der Waals surface area (Å²) in [6.07, 6.45) is 0.652. The summed E-state index contributed by atoms with van der Waals surface area (Å²) in [5, 5.41) is 24.1. The van der Waals surface area contributed by atoms with E-state index in [1.807, 2.05) is 13.0 Å². The molecule has 124 valence electrons. The first-order valence-corrected chi connectivity index (χ1v) is 7.24. The van der Waals surface area contributed by atoms with E-state index in [1.165, 1.54) is 0 Å². The molecule has 24 heavy (non-hydrogen) atoms. The Morgan fingerprint density at radius 1 is 1.17 bits per heavy atom. The maximum atomic E-state index is 12.4. The Kier molecular flexibility index (Phi) is 5.10. The molecule has 8 nitrogen and oxygen atoms in total. The number of anilines is 1. The van der Waals surface area contributed by atoms with Gasteiger partial charge in [0.25, 0.3) is 17.3 Å². The Morgan fingerprint density at radius 2 is 1.83 bits per heavy atom. The van der Waals surface area contributed by atoms with Crippen molar-refractivity contribution in [2.45, 2.75) is 13.3 Å². The van der Waals surface area contributed by atoms with Crippen molar-refractivity contribution in [3.8, 4) is 0 Å². The van der Waals surface area contributed by atoms with Crippen molar-refractivity contribution in [3.05, 3.63) is 72.8 Å². The minimum Gasteiger partial charge on any atom is -0.322 e. The lowest BCUT2D eigenvalue weighted by atomic mass is 10.1. The predicted molar refractivity (Wildman–Crippen MR) is 88.5 cm³/mol. The molecule has 0 aliphatic heterocycles. The van der Waals surface area contributed by atoms with Crippen LogP contribution in [-0.2, 0) is 6.42 Å². The van der Waals surface area contributed by atoms with Crippen LogP contribution >= 0.6 is 11.6 Å². The number of hydrogen-bond acceptors (Lipinski definition) is 5. The highest BCUT2D eigenvalue weighted by Crippen LogP contribution is 2.33. The van der Waals surface area contributed by atoms with Crippen LogP contribution in [0.1, 0.15) is 22.8 Å². The highest BCUT2D eigenvalue weighted by atomic mass is 35.5. The summed E-state index contributed by atoms with van der Waals surface area (Å²) >= 11 is 5.89. The molecule has 0 unspecified atom stereocenters. The van der Waals surface area contributed by atoms with Crippen molar-refractivity contribution >= 4 is 34.6 Å². The smallest absolute Gasteiger partial charge is 0.295 e. The first-order chi connectivity index (χ1) is 11.3. The number of amides is 1. The van der Waals surface area contributed by atoms with E-state index in [0.29, 0.717) is 12.1 Å². The first kappa shape index (κ1) is 17.4. The molecular formula is C15H12ClN3O5. The van der Waals surface area contributed by atoms with Crippen LogP contribution < -0.4 is 5.32 Å². The molecule has 0 spiro atoms. The average molecular weight is 350 g/mol. The van der Waals surface area contributed by atoms with E-state index < -0.39 is 32.2 Å². The second kappa shape index (κ2) is 7.05. The zero-order valence-electron chi connectivity index (χ0n) is 12.5. The van der Waals surface area contributed by atoms with Crippen molar-refractivity contribution in [2.75, 3.05) is 5.32 Å². The highest BCUT2D eigenvalue weighted by molar-refractivity contribution is 6.36. The van der Waals surface area contributed by atoms with Gasteiger partial charge in [-0.3, -0.25) is 25.0 Å². The molecule has 9 heteroatoms. The van der Waals surface area contributed by atoms with Crippen LogP contribution in [0.25, 0.3) is 0 Å². The number of non-ortho nitro benzene ring substituents is 1. The summed E-state index contributed by atoms with van der Waals surface area (Å²) < 4.78 is 0. The summed E-state index contributed by atoms with van der Waals surface area (Å²) in [7, 11) is 0. The number of nitrogens with zero attached hydrogens (tertiary/aromatic N) is 2. The van der Waals surface area contributed by atoms with Gasteiger partial charge >= 0.3 is 0 Å². The molecule has 1 amide bonds. The van der Waals surface area contributed by atoms with Gasteiger partial charge in [0.2, 0.25) is 0 Å². The fraction of sp³-hybridized carbons (Fsp3) is 0.133. The van der Waals surface area contributed by atoms with Crippen LogP contribution in [0.2, 0.25) is 5.02 Å². The van der Waals surface area contributed by atoms with Crippen LogP contribution in [0, 0.1) is 20.2 Å². The third kappa shape index (κ3) is 3.49. The molecule has 0 atom stereocenters. The van der Waals surface area contributed by atoms with Gasteiger partial charge in [0.15, 0.2) is 0 Å². The van der Waals surface area contributed by atoms with Crippen molar-refractivity contribution in [1.29, 1.82) is 0 Å². The number of halogens is 1. The Labute approximate surface area is 141 Å². The van der Waals surface area contributed by atoms with E-state index in [9.17, 15) is 25.0 Å². The molecule has 1 N–H and O–H groups in total. The third-order valence-corrected chi connectivity index (χ3v) is 3.73. The van der Waals surface area contributed by atoms with Gasteiger partial charge in [-0.15, -0.1) is 0 Å². The summed E-state index contributed by atoms with van der Waals surface area (Å²) in [6.45, 7) is 1.90. The maximum Gasteiger partial charge on any atom is 0.295 e. The number of carbonyl (C=O) groups is 1. The summed E-state index contributed by atoms with van der Waals surface area (Å²) in [5.74, 6) is -0.757. The number of carbonyl (C=O) groups excluding carboxylic acids is 1. The van der Waals surface area contributed by atoms with Gasteiger partial charge < -0.3 is 5.32 Å². The van der Waals surface area contributed by atoms with Crippen molar-refractivity contribution in [1.82, 2.24) is 0 Å². The lowest BCUT2D eigenvalue weighted by molar-refractivity contribution is -0.394. The molecule has 2 rings (SSSR count). The number of rotatable bonds is 5. The Morgan fingerprint density at radius 3 is 2.42 bits per heavy atom. The molecule has 0 aliphatic rings. The van der Waals surface area contributed by atoms with Gasteiger partial charge in [0.1, 0.15) is 5.02 Å². The van der Waals surface area contributed by atoms with Gasteiger partial charge in [-0.1, -0.05) is 36.7 Å². The SMILES string of the molecule is CCc1ccccc1NC(=O)c1cc([N+](=O)[O-])cc([N+](=O)[O-])c1Cl. The second-order valence-electron chi connectivity index (χ2n) is 4.81. The molecule has 2 aromatic carbocycles. The first-order valence-electron chi connectivity index (χ1n) is 6.86. The lowest BCUT2D eigenvalue weighted by Crippen LogP contribution is -2.14. The van der Waals surface area contributed by atoms with E-state index in [0.717, 1.165) is 17.7 Å². The number of benzene rings is 2. The van der Waals surface area contributed by atoms with Crippen molar-refractivity contribution in [3.63, 3.8) is 0 Å². The Hall–Kier alpha value is -3.00. The summed E-state index contributed by atoms with van der Waals surface area (Å²) in [6, 6.07) is 8.63. The fourth-order valence-electron chi connectivity index (χ4n) is 2.14. The van der Waals surface area contributed by atoms with Crippen molar-refractivity contribution < 1.29 is 14.6 Å². The summed E-state index contributed by atoms with van der Waals surface area (Å²) in [4.78, 5) is 32.6. The number of aryl methyl sites for hydroxylation is 1. The maximum absolute atomic E-state index is 12.4. The highest BCUT2D eigenvalue weighted by Gasteiger charge is 2.26. The van der Waals surface area contributed by atoms with Gasteiger partial charge in [0.05, 0.1) is 21.5 Å². The molecule has 0 aromatic heterocycles. The van der Waals surface area contributed by atoms with Crippen LogP contribution in [0.3, 0.4) is 0 Å². The largest absolute Gasteiger partial charge is 0.322 e. The second-order valence-corrected chi connectivity index (χ2v) is 5.18. The lowest BCUT2D eigenvalue weighted by Gasteiger charge is -2.10. The van der Waals surface area contributed by atoms with Crippen molar-refractivity contribution in [2.24, 2.45) is 0 Å². The monoisotopic (exact) mass is 349 g/mol. The molecule has 2 aromatic rings. The average Bonchev–Trinajstić information content (AvgIpc) is 2.54. The third-order valence-electron chi connectivity index (χ3n) is 3.34. The molecule has 0 bridgehead atoms. The van der Waals surface area contributed by atoms with Gasteiger partial charge in [0, 0.05) is 11.8 Å². The van der Waals surface area contributed by atoms with Crippen LogP contribution in [-0.4, -0.2) is 15.8 Å². The van der Waals surface area contributed by atoms with E-state index in [4.69, 9.17) is 11.6 Å². The topological polar surface area (TPSA) is 115 Å². The molecule has 0 heterocycles. The predicted octanol–water partition coefficient (Wildman–Crippen LogP) is 3.97. The fourth-order valence-corrected chi connectivity index (χ4v) is 2.40. The quantitative estimate of drug-likeness (QED) is 0.647. The normalized spacial score (nSPS) is 10.2. The van der Waals surface area contributed by atoms with Crippen LogP contribution in [0.15, 0.2) is 36.4 Å². The van der Waals surface area contributed by atoms with E-state index >= 15 is 0 Å². The van der Waals surface area contributed by atoms with E-state index in [1.54, 1.807) is 18.2 Å². The minimum absolute atomic E-state index is 0.330. The van der Waals surface area contributed by atoms with E-state index in [2.05, 4.69) is 5.32 Å². The molecular weight excluding hydrogens is 338 g/mol. The van der Waals surface area contributed by atoms with Gasteiger partial charge in [-0.2, -0.15) is 0 Å². The number of nitrogens with one attached hydrogen (secondary N) is 1. The summed E-state index contributed by atoms with van der Waals surface area (Å²) in [5.41, 5.74) is -0.250. The van der Waals surface area contributed by atoms with Crippen LogP contribution in [0.4, 0.5) is 17.1 Å². The number of hydrogen-bond donors (Lipinski definition) is 1. The molecule has 0 radical (unpaired) electrons. The number of para-hydroxylation sites is 1. The van der Waals surface area contributed by atoms with Gasteiger partial charge in [-0.25, -0.2) is 0 Å². The molecule has 0 saturated carbocycles. The number of nitro groups is 2. The van der Waals surface area contributed by atoms with Crippen LogP contribution in [0.5, 0.6) is 0 Å². The molecule has 0 aliphatic carbocycles. The van der Waals surface area contributed by atoms with E-state index in [-0.39, 0.29) is 5.56 Å². The van der Waals surface area contributed by atoms with Gasteiger partial charge in [-0.05, 0) is 18.1 Å². The number of nitro benzene ring substituents is 2. The molecule has 0 fully saturated rings.